The predicted molar refractivity (Wildman–Crippen MR) is 109 cm³/mol. The number of rotatable bonds is 5. The summed E-state index contributed by atoms with van der Waals surface area (Å²) in [4.78, 5) is 15.2. The SMILES string of the molecule is CCO[C@H]1C[C@H](N(C)C(=O)c2cnnc(-c3ccccc3)c2)C12CCCCC2. The summed E-state index contributed by atoms with van der Waals surface area (Å²) >= 11 is 0. The van der Waals surface area contributed by atoms with Gasteiger partial charge in [-0.3, -0.25) is 4.79 Å². The van der Waals surface area contributed by atoms with Crippen molar-refractivity contribution in [2.24, 2.45) is 5.41 Å². The lowest BCUT2D eigenvalue weighted by Gasteiger charge is -2.60. The average molecular weight is 380 g/mol. The van der Waals surface area contributed by atoms with Crippen LogP contribution in [0, 0.1) is 5.41 Å². The van der Waals surface area contributed by atoms with Crippen LogP contribution in [0.15, 0.2) is 42.6 Å². The van der Waals surface area contributed by atoms with Crippen LogP contribution in [0.1, 0.15) is 55.8 Å². The Kier molecular flexibility index (Phi) is 5.44. The lowest BCUT2D eigenvalue weighted by atomic mass is 9.54. The highest BCUT2D eigenvalue weighted by Crippen LogP contribution is 2.55. The van der Waals surface area contributed by atoms with Gasteiger partial charge in [-0.05, 0) is 32.3 Å². The Morgan fingerprint density at radius 1 is 1.21 bits per heavy atom. The molecule has 2 saturated carbocycles. The predicted octanol–water partition coefficient (Wildman–Crippen LogP) is 4.34. The number of hydrogen-bond acceptors (Lipinski definition) is 4. The van der Waals surface area contributed by atoms with Crippen LogP contribution in [0.2, 0.25) is 0 Å². The molecule has 1 spiro atoms. The molecule has 1 heterocycles. The third-order valence-corrected chi connectivity index (χ3v) is 6.65. The second kappa shape index (κ2) is 8.00. The molecule has 5 nitrogen and oxygen atoms in total. The summed E-state index contributed by atoms with van der Waals surface area (Å²) in [5, 5.41) is 8.30. The molecule has 0 saturated heterocycles. The Morgan fingerprint density at radius 2 is 1.96 bits per heavy atom. The first-order chi connectivity index (χ1) is 13.7. The minimum Gasteiger partial charge on any atom is -0.378 e. The fourth-order valence-corrected chi connectivity index (χ4v) is 5.15. The van der Waals surface area contributed by atoms with E-state index in [-0.39, 0.29) is 23.5 Å². The van der Waals surface area contributed by atoms with Gasteiger partial charge in [-0.1, -0.05) is 49.6 Å². The molecule has 2 aliphatic carbocycles. The van der Waals surface area contributed by atoms with Gasteiger partial charge in [0.1, 0.15) is 0 Å². The Bertz CT molecular complexity index is 818. The average Bonchev–Trinajstić information content (AvgIpc) is 2.76. The summed E-state index contributed by atoms with van der Waals surface area (Å²) in [7, 11) is 1.94. The van der Waals surface area contributed by atoms with Crippen LogP contribution in [0.25, 0.3) is 11.3 Å². The van der Waals surface area contributed by atoms with Crippen molar-refractivity contribution >= 4 is 5.91 Å². The van der Waals surface area contributed by atoms with Gasteiger partial charge in [-0.2, -0.15) is 10.2 Å². The zero-order valence-corrected chi connectivity index (χ0v) is 16.8. The van der Waals surface area contributed by atoms with E-state index in [1.165, 1.54) is 19.3 Å². The first-order valence-corrected chi connectivity index (χ1v) is 10.4. The summed E-state index contributed by atoms with van der Waals surface area (Å²) in [6.07, 6.45) is 8.87. The molecule has 1 amide bonds. The lowest BCUT2D eigenvalue weighted by Crippen LogP contribution is -2.65. The number of benzene rings is 1. The Morgan fingerprint density at radius 3 is 2.68 bits per heavy atom. The second-order valence-corrected chi connectivity index (χ2v) is 8.10. The van der Waals surface area contributed by atoms with Crippen molar-refractivity contribution in [3.8, 4) is 11.3 Å². The molecule has 0 bridgehead atoms. The minimum absolute atomic E-state index is 0.0250. The molecule has 0 aliphatic heterocycles. The molecule has 4 rings (SSSR count). The zero-order chi connectivity index (χ0) is 19.6. The molecule has 0 radical (unpaired) electrons. The Balaban J connectivity index is 1.55. The van der Waals surface area contributed by atoms with Crippen molar-refractivity contribution in [2.75, 3.05) is 13.7 Å². The van der Waals surface area contributed by atoms with Crippen LogP contribution in [-0.2, 0) is 4.74 Å². The van der Waals surface area contributed by atoms with E-state index in [0.717, 1.165) is 37.1 Å². The highest BCUT2D eigenvalue weighted by Gasteiger charge is 2.57. The van der Waals surface area contributed by atoms with Gasteiger partial charge in [0.25, 0.3) is 5.91 Å². The van der Waals surface area contributed by atoms with Crippen LogP contribution in [0.5, 0.6) is 0 Å². The molecule has 2 aromatic rings. The standard InChI is InChI=1S/C23H29N3O2/c1-3-28-21-15-20(23(21)12-8-5-9-13-23)26(2)22(27)18-14-19(25-24-16-18)17-10-6-4-7-11-17/h4,6-7,10-11,14,16,20-21H,3,5,8-9,12-13,15H2,1-2H3/t20-,21-/m0/s1. The molecule has 0 N–H and O–H groups in total. The number of hydrogen-bond donors (Lipinski definition) is 0. The maximum absolute atomic E-state index is 13.3. The molecule has 2 aliphatic rings. The van der Waals surface area contributed by atoms with Gasteiger partial charge < -0.3 is 9.64 Å². The van der Waals surface area contributed by atoms with Crippen molar-refractivity contribution < 1.29 is 9.53 Å². The summed E-state index contributed by atoms with van der Waals surface area (Å²) in [5.74, 6) is 0.0250. The van der Waals surface area contributed by atoms with Crippen LogP contribution < -0.4 is 0 Å². The largest absolute Gasteiger partial charge is 0.378 e. The number of aromatic nitrogens is 2. The van der Waals surface area contributed by atoms with Gasteiger partial charge in [0.15, 0.2) is 0 Å². The summed E-state index contributed by atoms with van der Waals surface area (Å²) in [6.45, 7) is 2.80. The number of carbonyl (C=O) groups excluding carboxylic acids is 1. The third-order valence-electron chi connectivity index (χ3n) is 6.65. The number of amides is 1. The lowest BCUT2D eigenvalue weighted by molar-refractivity contribution is -0.170. The molecule has 2 fully saturated rings. The smallest absolute Gasteiger partial charge is 0.255 e. The molecule has 148 valence electrons. The second-order valence-electron chi connectivity index (χ2n) is 8.10. The van der Waals surface area contributed by atoms with E-state index >= 15 is 0 Å². The van der Waals surface area contributed by atoms with Gasteiger partial charge >= 0.3 is 0 Å². The molecule has 1 aromatic carbocycles. The molecule has 0 unspecified atom stereocenters. The Labute approximate surface area is 167 Å². The number of carbonyl (C=O) groups is 1. The first kappa shape index (κ1) is 19.1. The quantitative estimate of drug-likeness (QED) is 0.775. The zero-order valence-electron chi connectivity index (χ0n) is 16.8. The van der Waals surface area contributed by atoms with Gasteiger partial charge in [0.05, 0.1) is 23.6 Å². The number of ether oxygens (including phenoxy) is 1. The van der Waals surface area contributed by atoms with Crippen LogP contribution in [0.4, 0.5) is 0 Å². The molecule has 5 heteroatoms. The fourth-order valence-electron chi connectivity index (χ4n) is 5.15. The van der Waals surface area contributed by atoms with Gasteiger partial charge in [-0.15, -0.1) is 0 Å². The third kappa shape index (κ3) is 3.32. The Hall–Kier alpha value is -2.27. The fraction of sp³-hybridized carbons (Fsp3) is 0.522. The van der Waals surface area contributed by atoms with Crippen molar-refractivity contribution in [1.82, 2.24) is 15.1 Å². The normalized spacial score (nSPS) is 23.2. The van der Waals surface area contributed by atoms with Crippen molar-refractivity contribution in [1.29, 1.82) is 0 Å². The van der Waals surface area contributed by atoms with Gasteiger partial charge in [0, 0.05) is 30.7 Å². The summed E-state index contributed by atoms with van der Waals surface area (Å²) in [6, 6.07) is 12.0. The van der Waals surface area contributed by atoms with E-state index in [1.807, 2.05) is 48.3 Å². The highest BCUT2D eigenvalue weighted by molar-refractivity contribution is 5.95. The summed E-state index contributed by atoms with van der Waals surface area (Å²) < 4.78 is 6.05. The molecular formula is C23H29N3O2. The van der Waals surface area contributed by atoms with E-state index in [0.29, 0.717) is 5.56 Å². The van der Waals surface area contributed by atoms with Crippen LogP contribution in [-0.4, -0.2) is 46.8 Å². The van der Waals surface area contributed by atoms with Crippen molar-refractivity contribution in [3.05, 3.63) is 48.2 Å². The highest BCUT2D eigenvalue weighted by atomic mass is 16.5. The van der Waals surface area contributed by atoms with Crippen molar-refractivity contribution in [2.45, 2.75) is 57.6 Å². The maximum atomic E-state index is 13.3. The van der Waals surface area contributed by atoms with Crippen LogP contribution in [0.3, 0.4) is 0 Å². The minimum atomic E-state index is 0.0250. The van der Waals surface area contributed by atoms with Crippen molar-refractivity contribution in [3.63, 3.8) is 0 Å². The number of nitrogens with zero attached hydrogens (tertiary/aromatic N) is 3. The van der Waals surface area contributed by atoms with E-state index in [9.17, 15) is 4.79 Å². The molecule has 28 heavy (non-hydrogen) atoms. The van der Waals surface area contributed by atoms with Crippen LogP contribution >= 0.6 is 0 Å². The molecular weight excluding hydrogens is 350 g/mol. The maximum Gasteiger partial charge on any atom is 0.255 e. The monoisotopic (exact) mass is 379 g/mol. The van der Waals surface area contributed by atoms with E-state index in [4.69, 9.17) is 4.74 Å². The van der Waals surface area contributed by atoms with E-state index in [2.05, 4.69) is 17.1 Å². The molecule has 1 aromatic heterocycles. The van der Waals surface area contributed by atoms with Gasteiger partial charge in [-0.25, -0.2) is 0 Å². The topological polar surface area (TPSA) is 55.3 Å². The summed E-state index contributed by atoms with van der Waals surface area (Å²) in [5.41, 5.74) is 2.42. The van der Waals surface area contributed by atoms with Gasteiger partial charge in [0.2, 0.25) is 0 Å². The van der Waals surface area contributed by atoms with E-state index in [1.54, 1.807) is 6.20 Å². The first-order valence-electron chi connectivity index (χ1n) is 10.4. The molecule has 2 atom stereocenters. The van der Waals surface area contributed by atoms with E-state index < -0.39 is 0 Å².